The van der Waals surface area contributed by atoms with Gasteiger partial charge in [0.05, 0.1) is 19.1 Å². The lowest BCUT2D eigenvalue weighted by atomic mass is 10.0. The molecule has 1 N–H and O–H groups in total. The zero-order valence-corrected chi connectivity index (χ0v) is 11.4. The van der Waals surface area contributed by atoms with Crippen LogP contribution < -0.4 is 9.80 Å². The summed E-state index contributed by atoms with van der Waals surface area (Å²) in [6, 6.07) is 5.36. The predicted octanol–water partition coefficient (Wildman–Crippen LogP) is 0.0951. The Hall–Kier alpha value is -1.47. The van der Waals surface area contributed by atoms with Crippen LogP contribution in [0.2, 0.25) is 0 Å². The van der Waals surface area contributed by atoms with Gasteiger partial charge in [-0.3, -0.25) is 0 Å². The van der Waals surface area contributed by atoms with Gasteiger partial charge in [-0.1, -0.05) is 12.1 Å². The van der Waals surface area contributed by atoms with Gasteiger partial charge >= 0.3 is 5.91 Å². The molecule has 2 aliphatic heterocycles. The highest BCUT2D eigenvalue weighted by Crippen LogP contribution is 2.37. The summed E-state index contributed by atoms with van der Waals surface area (Å²) in [5.41, 5.74) is 1.93. The zero-order valence-electron chi connectivity index (χ0n) is 11.4. The average molecular weight is 278 g/mol. The summed E-state index contributed by atoms with van der Waals surface area (Å²) >= 11 is 0. The van der Waals surface area contributed by atoms with Crippen LogP contribution in [0.15, 0.2) is 18.2 Å². The Morgan fingerprint density at radius 2 is 2.20 bits per heavy atom. The second kappa shape index (κ2) is 4.82. The predicted molar refractivity (Wildman–Crippen MR) is 71.3 cm³/mol. The van der Waals surface area contributed by atoms with Crippen molar-refractivity contribution in [3.63, 3.8) is 0 Å². The molecule has 20 heavy (non-hydrogen) atoms. The normalized spacial score (nSPS) is 33.0. The van der Waals surface area contributed by atoms with Gasteiger partial charge in [0.1, 0.15) is 31.4 Å². The minimum atomic E-state index is -0.436. The molecule has 108 valence electrons. The Labute approximate surface area is 117 Å². The number of methoxy groups -OCH3 is 1. The van der Waals surface area contributed by atoms with E-state index >= 15 is 0 Å². The van der Waals surface area contributed by atoms with E-state index in [1.807, 2.05) is 18.2 Å². The minimum Gasteiger partial charge on any atom is -0.632 e. The van der Waals surface area contributed by atoms with Crippen LogP contribution >= 0.6 is 0 Å². The number of fused-ring (bicyclic) bond motifs is 1. The maximum Gasteiger partial charge on any atom is 0.312 e. The second-order valence-corrected chi connectivity index (χ2v) is 5.61. The van der Waals surface area contributed by atoms with Crippen molar-refractivity contribution in [2.45, 2.75) is 32.0 Å². The average Bonchev–Trinajstić information content (AvgIpc) is 2.79. The molecule has 6 heteroatoms. The molecule has 2 aliphatic rings. The van der Waals surface area contributed by atoms with Crippen LogP contribution in [0.3, 0.4) is 0 Å². The van der Waals surface area contributed by atoms with Gasteiger partial charge in [-0.15, -0.1) is 0 Å². The lowest BCUT2D eigenvalue weighted by Crippen LogP contribution is -3.12. The van der Waals surface area contributed by atoms with Crippen molar-refractivity contribution in [2.24, 2.45) is 0 Å². The molecule has 1 amide bonds. The molecule has 0 aliphatic carbocycles. The fourth-order valence-corrected chi connectivity index (χ4v) is 3.27. The number of rotatable bonds is 2. The van der Waals surface area contributed by atoms with E-state index in [0.29, 0.717) is 19.5 Å². The number of hydrogen-bond donors (Lipinski definition) is 1. The van der Waals surface area contributed by atoms with Crippen molar-refractivity contribution >= 4 is 5.91 Å². The zero-order chi connectivity index (χ0) is 14.3. The van der Waals surface area contributed by atoms with Crippen LogP contribution in [0, 0.1) is 10.4 Å². The van der Waals surface area contributed by atoms with Gasteiger partial charge in [0, 0.05) is 12.0 Å². The number of ether oxygens (including phenoxy) is 1. The van der Waals surface area contributed by atoms with E-state index in [9.17, 15) is 15.2 Å². The summed E-state index contributed by atoms with van der Waals surface area (Å²) in [7, 11) is 1.59. The molecule has 0 bridgehead atoms. The lowest BCUT2D eigenvalue weighted by molar-refractivity contribution is -0.949. The fourth-order valence-electron chi connectivity index (χ4n) is 3.27. The molecule has 0 radical (unpaired) electrons. The molecule has 3 atom stereocenters. The highest BCUT2D eigenvalue weighted by Gasteiger charge is 2.41. The van der Waals surface area contributed by atoms with Gasteiger partial charge in [-0.2, -0.15) is 0 Å². The van der Waals surface area contributed by atoms with E-state index in [4.69, 9.17) is 4.74 Å². The summed E-state index contributed by atoms with van der Waals surface area (Å²) in [4.78, 5) is 11.3. The van der Waals surface area contributed by atoms with Crippen molar-refractivity contribution in [1.29, 1.82) is 0 Å². The minimum absolute atomic E-state index is 0.0820. The number of piperidine rings is 1. The number of amides is 1. The lowest BCUT2D eigenvalue weighted by Gasteiger charge is -2.47. The maximum atomic E-state index is 13.1. The first kappa shape index (κ1) is 13.5. The molecule has 3 rings (SSSR count). The quantitative estimate of drug-likeness (QED) is 0.614. The first-order valence-electron chi connectivity index (χ1n) is 6.82. The number of quaternary nitrogens is 2. The highest BCUT2D eigenvalue weighted by molar-refractivity contribution is 5.67. The van der Waals surface area contributed by atoms with Gasteiger partial charge in [-0.05, 0) is 6.07 Å². The van der Waals surface area contributed by atoms with Gasteiger partial charge in [0.25, 0.3) is 0 Å². The molecule has 3 unspecified atom stereocenters. The number of nitrogens with zero attached hydrogens (tertiary/aromatic N) is 1. The van der Waals surface area contributed by atoms with E-state index in [1.54, 1.807) is 7.11 Å². The molecule has 1 fully saturated rings. The molecule has 1 aromatic carbocycles. The van der Waals surface area contributed by atoms with E-state index in [-0.39, 0.29) is 24.9 Å². The Balaban J connectivity index is 1.84. The SMILES string of the molecule is COc1cccc2c1C[N+]([O-])(C1CCC(=O)[NH+]([O-])C1)C2. The molecule has 1 saturated heterocycles. The third-order valence-corrected chi connectivity index (χ3v) is 4.42. The molecule has 2 heterocycles. The summed E-state index contributed by atoms with van der Waals surface area (Å²) in [6.45, 7) is 0.767. The largest absolute Gasteiger partial charge is 0.632 e. The molecule has 0 aromatic heterocycles. The van der Waals surface area contributed by atoms with Crippen LogP contribution in [0.1, 0.15) is 24.0 Å². The van der Waals surface area contributed by atoms with Crippen molar-refractivity contribution in [3.8, 4) is 5.75 Å². The number of hydroxylamine groups is 5. The molecular formula is C14H18N2O4. The molecule has 1 aromatic rings. The number of nitrogens with one attached hydrogen (secondary N) is 1. The van der Waals surface area contributed by atoms with E-state index in [2.05, 4.69) is 0 Å². The third-order valence-electron chi connectivity index (χ3n) is 4.42. The van der Waals surface area contributed by atoms with Crippen molar-refractivity contribution in [3.05, 3.63) is 39.7 Å². The Morgan fingerprint density at radius 3 is 2.90 bits per heavy atom. The smallest absolute Gasteiger partial charge is 0.312 e. The van der Waals surface area contributed by atoms with Gasteiger partial charge in [0.2, 0.25) is 0 Å². The Bertz CT molecular complexity index is 548. The van der Waals surface area contributed by atoms with Crippen LogP contribution in [-0.4, -0.2) is 30.2 Å². The monoisotopic (exact) mass is 278 g/mol. The fraction of sp³-hybridized carbons (Fsp3) is 0.500. The molecule has 0 saturated carbocycles. The van der Waals surface area contributed by atoms with E-state index in [0.717, 1.165) is 16.9 Å². The standard InChI is InChI=1S/C14H18N2O4/c1-20-13-4-2-3-10-8-16(19,9-12(10)13)11-5-6-14(17)15(18)7-11/h2-4,11,15H,5-9H2,1H3. The summed E-state index contributed by atoms with van der Waals surface area (Å²) < 4.78 is 4.87. The summed E-state index contributed by atoms with van der Waals surface area (Å²) in [6.07, 6.45) is 0.712. The van der Waals surface area contributed by atoms with Crippen LogP contribution in [0.5, 0.6) is 5.75 Å². The van der Waals surface area contributed by atoms with Gasteiger partial charge < -0.3 is 24.9 Å². The van der Waals surface area contributed by atoms with E-state index < -0.39 is 9.71 Å². The van der Waals surface area contributed by atoms with Gasteiger partial charge in [0.15, 0.2) is 0 Å². The number of benzene rings is 1. The third kappa shape index (κ3) is 2.10. The van der Waals surface area contributed by atoms with E-state index in [1.165, 1.54) is 0 Å². The van der Waals surface area contributed by atoms with Crippen LogP contribution in [0.4, 0.5) is 0 Å². The van der Waals surface area contributed by atoms with Crippen molar-refractivity contribution in [1.82, 2.24) is 0 Å². The highest BCUT2D eigenvalue weighted by atomic mass is 16.6. The maximum absolute atomic E-state index is 13.1. The number of carbonyl (C=O) groups excluding carboxylic acids is 1. The topological polar surface area (TPSA) is 76.9 Å². The molecule has 0 spiro atoms. The first-order valence-corrected chi connectivity index (χ1v) is 6.82. The number of carbonyl (C=O) groups is 1. The molecule has 6 nitrogen and oxygen atoms in total. The van der Waals surface area contributed by atoms with Gasteiger partial charge in [-0.25, -0.2) is 4.79 Å². The number of hydrogen-bond acceptors (Lipinski definition) is 4. The second-order valence-electron chi connectivity index (χ2n) is 5.61. The Morgan fingerprint density at radius 1 is 1.40 bits per heavy atom. The summed E-state index contributed by atoms with van der Waals surface area (Å²) in [5, 5.41) is 24.2. The Kier molecular flexibility index (Phi) is 3.25. The molecular weight excluding hydrogens is 260 g/mol. The summed E-state index contributed by atoms with van der Waals surface area (Å²) in [5.74, 6) is 0.402. The van der Waals surface area contributed by atoms with Crippen molar-refractivity contribution in [2.75, 3.05) is 13.7 Å². The van der Waals surface area contributed by atoms with Crippen molar-refractivity contribution < 1.29 is 19.2 Å². The first-order chi connectivity index (χ1) is 9.53. The van der Waals surface area contributed by atoms with Crippen LogP contribution in [0.25, 0.3) is 0 Å². The van der Waals surface area contributed by atoms with Crippen LogP contribution in [-0.2, 0) is 17.9 Å².